The minimum absolute atomic E-state index is 0.0348. The average Bonchev–Trinajstić information content (AvgIpc) is 3.21. The molecule has 2 fully saturated rings. The highest BCUT2D eigenvalue weighted by molar-refractivity contribution is 7.97. The molecule has 3 unspecified atom stereocenters. The molecule has 206 valence electrons. The number of carbonyl (C=O) groups excluding carboxylic acids is 1. The Hall–Kier alpha value is -2.18. The Morgan fingerprint density at radius 1 is 1.11 bits per heavy atom. The molecule has 1 amide bonds. The summed E-state index contributed by atoms with van der Waals surface area (Å²) in [5, 5.41) is 21.2. The van der Waals surface area contributed by atoms with Gasteiger partial charge in [-0.05, 0) is 133 Å². The van der Waals surface area contributed by atoms with Crippen LogP contribution in [0.25, 0.3) is 0 Å². The summed E-state index contributed by atoms with van der Waals surface area (Å²) in [5.74, 6) is 4.20. The molecule has 0 aliphatic heterocycles. The van der Waals surface area contributed by atoms with Crippen molar-refractivity contribution < 1.29 is 19.7 Å². The van der Waals surface area contributed by atoms with Crippen molar-refractivity contribution in [2.45, 2.75) is 83.2 Å². The average molecular weight is 538 g/mol. The Bertz CT molecular complexity index is 1120. The van der Waals surface area contributed by atoms with Crippen molar-refractivity contribution in [3.8, 4) is 11.5 Å². The molecule has 2 aromatic rings. The number of hydrogen-bond acceptors (Lipinski definition) is 5. The molecular formula is C32H43NO4S. The van der Waals surface area contributed by atoms with Crippen molar-refractivity contribution in [2.24, 2.45) is 17.3 Å². The number of nitrogens with zero attached hydrogens (tertiary/aromatic N) is 1. The molecule has 0 spiro atoms. The molecule has 38 heavy (non-hydrogen) atoms. The lowest BCUT2D eigenvalue weighted by molar-refractivity contribution is -0.123. The van der Waals surface area contributed by atoms with Crippen LogP contribution in [0.1, 0.15) is 87.3 Å². The van der Waals surface area contributed by atoms with Crippen LogP contribution >= 0.6 is 11.9 Å². The second-order valence-corrected chi connectivity index (χ2v) is 13.2. The quantitative estimate of drug-likeness (QED) is 0.276. The third-order valence-electron chi connectivity index (χ3n) is 9.76. The zero-order valence-corrected chi connectivity index (χ0v) is 23.9. The number of aromatic hydroxyl groups is 1. The largest absolute Gasteiger partial charge is 0.508 e. The molecular weight excluding hydrogens is 494 g/mol. The summed E-state index contributed by atoms with van der Waals surface area (Å²) >= 11 is 1.58. The van der Waals surface area contributed by atoms with E-state index in [2.05, 4.69) is 37.3 Å². The Balaban J connectivity index is 1.25. The molecule has 3 aliphatic carbocycles. The van der Waals surface area contributed by atoms with E-state index < -0.39 is 0 Å². The summed E-state index contributed by atoms with van der Waals surface area (Å²) in [4.78, 5) is 11.3. The van der Waals surface area contributed by atoms with Gasteiger partial charge in [0.15, 0.2) is 0 Å². The molecule has 6 heteroatoms. The smallest absolute Gasteiger partial charge is 0.229 e. The normalized spacial score (nSPS) is 29.7. The van der Waals surface area contributed by atoms with Crippen molar-refractivity contribution in [3.63, 3.8) is 0 Å². The third-order valence-corrected chi connectivity index (χ3v) is 10.9. The summed E-state index contributed by atoms with van der Waals surface area (Å²) in [5.41, 5.74) is 4.00. The number of aliphatic hydroxyl groups is 1. The summed E-state index contributed by atoms with van der Waals surface area (Å²) in [6.45, 7) is 4.62. The Morgan fingerprint density at radius 2 is 1.89 bits per heavy atom. The van der Waals surface area contributed by atoms with Crippen molar-refractivity contribution in [1.82, 2.24) is 4.31 Å². The third kappa shape index (κ3) is 5.44. The first kappa shape index (κ1) is 27.4. The van der Waals surface area contributed by atoms with Gasteiger partial charge in [-0.15, -0.1) is 0 Å². The Morgan fingerprint density at radius 3 is 2.66 bits per heavy atom. The number of rotatable bonds is 9. The fourth-order valence-corrected chi connectivity index (χ4v) is 8.46. The SMILES string of the molecule is CC(=O)N(C)SCCCCCOc1ccc([C@H]2C[C@@]3(C)C(CC[C@@H]3O)C3CCc4cc(O)ccc4C32)cc1. The molecule has 2 saturated carbocycles. The Kier molecular flexibility index (Phi) is 8.30. The Labute approximate surface area is 232 Å². The van der Waals surface area contributed by atoms with Crippen molar-refractivity contribution in [2.75, 3.05) is 19.4 Å². The van der Waals surface area contributed by atoms with E-state index in [1.807, 2.05) is 19.2 Å². The highest BCUT2D eigenvalue weighted by atomic mass is 32.2. The van der Waals surface area contributed by atoms with Crippen molar-refractivity contribution in [3.05, 3.63) is 59.2 Å². The van der Waals surface area contributed by atoms with Crippen LogP contribution in [-0.4, -0.2) is 45.9 Å². The number of carbonyl (C=O) groups is 1. The predicted molar refractivity (Wildman–Crippen MR) is 154 cm³/mol. The van der Waals surface area contributed by atoms with E-state index in [1.54, 1.807) is 23.2 Å². The minimum atomic E-state index is -0.221. The van der Waals surface area contributed by atoms with Crippen molar-refractivity contribution in [1.29, 1.82) is 0 Å². The van der Waals surface area contributed by atoms with Crippen LogP contribution in [0.3, 0.4) is 0 Å². The molecule has 5 nitrogen and oxygen atoms in total. The van der Waals surface area contributed by atoms with E-state index in [-0.39, 0.29) is 17.4 Å². The van der Waals surface area contributed by atoms with Crippen LogP contribution in [0.15, 0.2) is 42.5 Å². The number of hydrogen-bond donors (Lipinski definition) is 2. The standard InChI is InChI=1S/C32H43NO4S/c1-21(34)33(3)38-18-6-4-5-17-37-25-11-7-22(8-12-25)28-20-32(2)29(15-16-30(32)36)27-13-9-23-19-24(35)10-14-26(23)31(27)28/h7-8,10-12,14,19,27-31,35-36H,4-6,9,13,15-18,20H2,1-3H3/t27?,28-,29?,30+,31?,32+/m1/s1. The highest BCUT2D eigenvalue weighted by Gasteiger charge is 2.57. The predicted octanol–water partition coefficient (Wildman–Crippen LogP) is 6.68. The van der Waals surface area contributed by atoms with E-state index in [1.165, 1.54) is 16.7 Å². The molecule has 0 aromatic heterocycles. The van der Waals surface area contributed by atoms with Gasteiger partial charge in [0, 0.05) is 19.7 Å². The molecule has 0 saturated heterocycles. The summed E-state index contributed by atoms with van der Waals surface area (Å²) < 4.78 is 7.75. The summed E-state index contributed by atoms with van der Waals surface area (Å²) in [6.07, 6.45) is 8.11. The molecule has 0 bridgehead atoms. The number of unbranched alkanes of at least 4 members (excludes halogenated alkanes) is 2. The van der Waals surface area contributed by atoms with E-state index in [9.17, 15) is 15.0 Å². The van der Waals surface area contributed by atoms with Crippen LogP contribution in [-0.2, 0) is 11.2 Å². The van der Waals surface area contributed by atoms with Crippen LogP contribution in [0.2, 0.25) is 0 Å². The van der Waals surface area contributed by atoms with Crippen LogP contribution in [0, 0.1) is 17.3 Å². The van der Waals surface area contributed by atoms with Gasteiger partial charge in [-0.1, -0.05) is 25.1 Å². The first-order valence-electron chi connectivity index (χ1n) is 14.4. The maximum Gasteiger partial charge on any atom is 0.229 e. The molecule has 6 atom stereocenters. The summed E-state index contributed by atoms with van der Waals surface area (Å²) in [6, 6.07) is 14.7. The van der Waals surface area contributed by atoms with Gasteiger partial charge in [0.1, 0.15) is 11.5 Å². The number of phenols is 1. The zero-order chi connectivity index (χ0) is 26.9. The molecule has 0 heterocycles. The maximum absolute atomic E-state index is 11.3. The number of benzene rings is 2. The second kappa shape index (κ2) is 11.5. The van der Waals surface area contributed by atoms with E-state index in [4.69, 9.17) is 4.74 Å². The molecule has 0 radical (unpaired) electrons. The number of fused-ring (bicyclic) bond motifs is 5. The number of phenolic OH excluding ortho intramolecular Hbond substituents is 1. The lowest BCUT2D eigenvalue weighted by Crippen LogP contribution is -2.47. The van der Waals surface area contributed by atoms with E-state index >= 15 is 0 Å². The van der Waals surface area contributed by atoms with Gasteiger partial charge in [-0.2, -0.15) is 0 Å². The molecule has 5 rings (SSSR count). The number of aliphatic hydroxyl groups excluding tert-OH is 1. The van der Waals surface area contributed by atoms with Crippen LogP contribution < -0.4 is 4.74 Å². The lowest BCUT2D eigenvalue weighted by atomic mass is 9.51. The van der Waals surface area contributed by atoms with Gasteiger partial charge >= 0.3 is 0 Å². The van der Waals surface area contributed by atoms with Gasteiger partial charge in [-0.3, -0.25) is 9.10 Å². The van der Waals surface area contributed by atoms with Crippen LogP contribution in [0.4, 0.5) is 0 Å². The van der Waals surface area contributed by atoms with Gasteiger partial charge < -0.3 is 14.9 Å². The monoisotopic (exact) mass is 537 g/mol. The zero-order valence-electron chi connectivity index (χ0n) is 23.1. The molecule has 2 aromatic carbocycles. The molecule has 2 N–H and O–H groups in total. The fraction of sp³-hybridized carbons (Fsp3) is 0.594. The van der Waals surface area contributed by atoms with Gasteiger partial charge in [0.05, 0.1) is 12.7 Å². The lowest BCUT2D eigenvalue weighted by Gasteiger charge is -2.54. The van der Waals surface area contributed by atoms with Crippen molar-refractivity contribution >= 4 is 17.9 Å². The first-order valence-corrected chi connectivity index (χ1v) is 15.3. The van der Waals surface area contributed by atoms with Gasteiger partial charge in [0.25, 0.3) is 0 Å². The number of amides is 1. The summed E-state index contributed by atoms with van der Waals surface area (Å²) in [7, 11) is 1.82. The van der Waals surface area contributed by atoms with Gasteiger partial charge in [0.2, 0.25) is 5.91 Å². The first-order chi connectivity index (χ1) is 18.3. The van der Waals surface area contributed by atoms with E-state index in [0.29, 0.717) is 36.0 Å². The second-order valence-electron chi connectivity index (χ2n) is 12.0. The van der Waals surface area contributed by atoms with E-state index in [0.717, 1.165) is 62.9 Å². The van der Waals surface area contributed by atoms with Gasteiger partial charge in [-0.25, -0.2) is 0 Å². The fourth-order valence-electron chi connectivity index (χ4n) is 7.67. The topological polar surface area (TPSA) is 70.0 Å². The maximum atomic E-state index is 11.3. The number of ether oxygens (including phenoxy) is 1. The number of aryl methyl sites for hydroxylation is 1. The minimum Gasteiger partial charge on any atom is -0.508 e. The molecule has 3 aliphatic rings. The highest BCUT2D eigenvalue weighted by Crippen LogP contribution is 2.65. The van der Waals surface area contributed by atoms with Crippen LogP contribution in [0.5, 0.6) is 11.5 Å².